The monoisotopic (exact) mass is 2720 g/mol. The molecule has 0 aliphatic carbocycles. The Morgan fingerprint density at radius 1 is 0.200 bits per heavy atom. The Kier molecular flexibility index (Phi) is 77.8. The van der Waals surface area contributed by atoms with E-state index in [1.54, 1.807) is 0 Å². The number of aryl methyl sites for hydroxylation is 4. The predicted octanol–water partition coefficient (Wildman–Crippen LogP) is 29.3. The molecule has 0 spiro atoms. The average molecular weight is 2730 g/mol. The van der Waals surface area contributed by atoms with E-state index >= 15 is 0 Å². The number of para-hydroxylation sites is 6. The summed E-state index contributed by atoms with van der Waals surface area (Å²) < 4.78 is 7.21. The van der Waals surface area contributed by atoms with Gasteiger partial charge in [0, 0.05) is 180 Å². The molecule has 0 unspecified atom stereocenters. The minimum Gasteiger partial charge on any atom is -0.309 e. The van der Waals surface area contributed by atoms with Gasteiger partial charge in [0.1, 0.15) is 0 Å². The molecule has 22 rings (SSSR count). The van der Waals surface area contributed by atoms with Gasteiger partial charge in [0.2, 0.25) is 0 Å². The molecule has 0 bridgehead atoms. The van der Waals surface area contributed by atoms with Crippen molar-refractivity contribution in [2.75, 3.05) is 0 Å². The third-order valence-corrected chi connectivity index (χ3v) is 22.5. The third-order valence-electron chi connectivity index (χ3n) is 22.5. The molecule has 0 fully saturated rings. The van der Waals surface area contributed by atoms with E-state index in [1.807, 2.05) is 187 Å². The number of hydrogen-bond acceptors (Lipinski definition) is 0. The van der Waals surface area contributed by atoms with Crippen LogP contribution in [0.3, 0.4) is 0 Å². The topological polar surface area (TPSA) is 14.8 Å². The van der Waals surface area contributed by atoms with Crippen LogP contribution in [0, 0.1) is 52.0 Å². The van der Waals surface area contributed by atoms with E-state index in [0.717, 1.165) is 5.69 Å². The first kappa shape index (κ1) is 144. The van der Waals surface area contributed by atoms with Gasteiger partial charge in [0.05, 0.1) is 33.1 Å². The maximum absolute atomic E-state index is 3.09. The molecule has 0 amide bonds. The van der Waals surface area contributed by atoms with Crippen LogP contribution >= 0.6 is 0 Å². The van der Waals surface area contributed by atoms with Crippen LogP contribution in [0.5, 0.6) is 0 Å². The number of rotatable bonds is 10. The molecule has 145 heavy (non-hydrogen) atoms. The van der Waals surface area contributed by atoms with Crippen molar-refractivity contribution in [3.63, 3.8) is 0 Å². The SMILES string of the molecule is CC.CC.CC.CC.CC.CC.CC.CC.CC.CC.CCCCC.Cc1cc(-c2ccc(-c3ccc(-c4cc(-c5ccc6c(c5)[cH-]c5cc(C)ccc56)cc(-n5c6ccccc6c6ccccc65)c4)cc3)cc2)cc(-n2c3ccccc3c3ccccc32)c1.Cc1cc(C)cc(-n2c3ccccc3c3ccccc32)c1.[Cm].[Rb+].[Rb+].[Rb+].[Rb+].[Y].[Y].[Y].[Y].[c-]1ccc(-c2cc[c-]cc2)cc1.[c-]1ccc2c(c1)[cH-]c1c[c-]ccc12. The van der Waals surface area contributed by atoms with Crippen molar-refractivity contribution in [1.29, 1.82) is 0 Å². The molecular weight excluding hydrogens is 2580 g/mol. The number of nitrogens with zero attached hydrogens (tertiary/aromatic N) is 3. The molecule has 0 saturated carbocycles. The van der Waals surface area contributed by atoms with Gasteiger partial charge in [-0.15, -0.1) is 39.7 Å². The summed E-state index contributed by atoms with van der Waals surface area (Å²) in [6.07, 6.45) is 4.08. The van der Waals surface area contributed by atoms with Crippen molar-refractivity contribution in [2.24, 2.45) is 0 Å². The van der Waals surface area contributed by atoms with Crippen molar-refractivity contribution in [1.82, 2.24) is 13.7 Å². The molecule has 22 aromatic rings. The average Bonchev–Trinajstić information content (AvgIpc) is 1.60. The smallest absolute Gasteiger partial charge is 0.309 e. The van der Waals surface area contributed by atoms with Crippen LogP contribution in [0.1, 0.15) is 194 Å². The van der Waals surface area contributed by atoms with Gasteiger partial charge in [-0.25, -0.2) is 64.0 Å². The van der Waals surface area contributed by atoms with E-state index in [9.17, 15) is 0 Å². The van der Waals surface area contributed by atoms with E-state index in [2.05, 4.69) is 413 Å². The second kappa shape index (κ2) is 78.6. The van der Waals surface area contributed by atoms with E-state index < -0.39 is 0 Å². The van der Waals surface area contributed by atoms with Crippen LogP contribution in [0.25, 0.3) is 181 Å². The first-order valence-corrected chi connectivity index (χ1v) is 50.5. The normalized spacial score (nSPS) is 9.45. The number of benzene rings is 17. The first-order chi connectivity index (χ1) is 67.1. The number of fused-ring (bicyclic) bond motifs is 15. The van der Waals surface area contributed by atoms with Crippen molar-refractivity contribution in [3.05, 3.63) is 429 Å². The summed E-state index contributed by atoms with van der Waals surface area (Å²) in [5.41, 5.74) is 28.1. The van der Waals surface area contributed by atoms with Crippen LogP contribution in [0.4, 0.5) is 0 Å². The van der Waals surface area contributed by atoms with Gasteiger partial charge in [0.25, 0.3) is 0 Å². The molecule has 3 heterocycles. The third kappa shape index (κ3) is 37.4. The number of aromatic nitrogens is 3. The fourth-order valence-corrected chi connectivity index (χ4v) is 17.1. The van der Waals surface area contributed by atoms with Gasteiger partial charge in [-0.05, 0) is 162 Å². The Morgan fingerprint density at radius 3 is 0.752 bits per heavy atom. The summed E-state index contributed by atoms with van der Waals surface area (Å²) in [5, 5.41) is 18.0. The molecule has 4 radical (unpaired) electrons. The quantitative estimate of drug-likeness (QED) is 0.121. The van der Waals surface area contributed by atoms with Gasteiger partial charge in [-0.2, -0.15) is 83.9 Å². The Hall–Kier alpha value is -3.48. The minimum atomic E-state index is 0. The summed E-state index contributed by atoms with van der Waals surface area (Å²) in [6, 6.07) is 150. The second-order valence-corrected chi connectivity index (χ2v) is 30.6. The van der Waals surface area contributed by atoms with Crippen molar-refractivity contribution in [2.45, 2.75) is 199 Å². The zero-order chi connectivity index (χ0) is 98.6. The van der Waals surface area contributed by atoms with Crippen molar-refractivity contribution in [3.8, 4) is 72.7 Å². The Labute approximate surface area is 1160 Å². The summed E-state index contributed by atoms with van der Waals surface area (Å²) in [4.78, 5) is 0. The van der Waals surface area contributed by atoms with Crippen LogP contribution < -0.4 is 233 Å². The Bertz CT molecular complexity index is 7070. The van der Waals surface area contributed by atoms with Crippen LogP contribution in [0.15, 0.2) is 382 Å². The van der Waals surface area contributed by atoms with Crippen LogP contribution in [-0.4, -0.2) is 13.7 Å². The fraction of sp³-hybridized carbons (Fsp3) is 0.218. The molecule has 0 saturated heterocycles. The Balaban J connectivity index is 0. The molecule has 0 aliphatic rings. The molecule has 3 aromatic heterocycles. The molecule has 3 nitrogen and oxygen atoms in total. The second-order valence-electron chi connectivity index (χ2n) is 30.6. The molecule has 0 aliphatic heterocycles. The molecule has 0 atom stereocenters. The summed E-state index contributed by atoms with van der Waals surface area (Å²) in [6.45, 7) is 53.1. The van der Waals surface area contributed by atoms with E-state index in [-0.39, 0.29) is 364 Å². The number of unbranched alkanes of at least 4 members (excludes halogenated alkanes) is 2. The maximum Gasteiger partial charge on any atom is 1.00 e. The van der Waals surface area contributed by atoms with Gasteiger partial charge in [-0.1, -0.05) is 377 Å². The maximum atomic E-state index is 3.09. The van der Waals surface area contributed by atoms with E-state index in [4.69, 9.17) is 0 Å². The van der Waals surface area contributed by atoms with Gasteiger partial charge in [0.15, 0.2) is 0 Å². The minimum absolute atomic E-state index is 0. The van der Waals surface area contributed by atoms with E-state index in [1.165, 1.54) is 217 Å². The largest absolute Gasteiger partial charge is 1.00 e. The zero-order valence-electron chi connectivity index (χ0n) is 93.0. The van der Waals surface area contributed by atoms with E-state index in [0.29, 0.717) is 0 Å². The Morgan fingerprint density at radius 2 is 0.434 bits per heavy atom. The predicted molar refractivity (Wildman–Crippen MR) is 610 cm³/mol. The van der Waals surface area contributed by atoms with Crippen LogP contribution in [0.2, 0.25) is 0 Å². The molecule has 12 heteroatoms. The number of hydrogen-bond donors (Lipinski definition) is 0. The molecule has 0 N–H and O–H groups in total. The van der Waals surface area contributed by atoms with Crippen molar-refractivity contribution >= 4 is 109 Å². The van der Waals surface area contributed by atoms with Gasteiger partial charge in [-0.3, -0.25) is 0 Å². The fourth-order valence-electron chi connectivity index (χ4n) is 17.1. The van der Waals surface area contributed by atoms with Gasteiger partial charge >= 0.3 is 233 Å². The summed E-state index contributed by atoms with van der Waals surface area (Å²) in [5.74, 6) is 0. The van der Waals surface area contributed by atoms with Gasteiger partial charge < -0.3 is 13.7 Å². The standard InChI is InChI=1S/C63H43N2.C20H17N.C13H7.C12H8.C5H12.10C2H6.Cm.4Rb.4Y/c1-40-19-29-54-50(31-40)36-51-34-46(28-30-55(51)54)49-35-48(38-53(39-49)65-62-17-9-5-13-58(62)59-14-6-10-18-63(59)65)45-26-22-43(23-27-45)42-20-24-44(25-21-42)47-32-41(2)33-52(37-47)64-60-15-7-3-11-56(60)57-12-4-8-16-61(57)64;1-14-11-15(2)13-16(12-14)21-19-9-5-3-7-17(19)18-8-4-6-10-20(18)21;1-3-7-12-10(5-1)9-11-6-2-4-8-13(11)12;1-3-7-11(8-4-1)12-9-5-2-6-10-12;1-3-5-4-2;10*1-2;;;;;;;;;/h3-39H,1-2H3;3-13H,1-2H3;3-9H;3-10H;3-5H2,1-2H3;10*1-2H3;;;;;;;;;/q-1;;-3;-2;;;;;;;;;;;;;4*+1;;;;. The van der Waals surface area contributed by atoms with Crippen LogP contribution in [-0.2, 0) is 131 Å². The molecule has 720 valence electrons. The van der Waals surface area contributed by atoms with Crippen molar-refractivity contribution < 1.29 is 364 Å². The summed E-state index contributed by atoms with van der Waals surface area (Å²) >= 11 is 0. The zero-order valence-corrected chi connectivity index (χ0v) is 127. The summed E-state index contributed by atoms with van der Waals surface area (Å²) in [7, 11) is 0. The molecule has 19 aromatic carbocycles. The molecular formula is C133H147CmN3Rb4Y4-2. The first-order valence-electron chi connectivity index (χ1n) is 50.5.